The van der Waals surface area contributed by atoms with E-state index >= 15 is 0 Å². The van der Waals surface area contributed by atoms with Gasteiger partial charge in [0.1, 0.15) is 5.82 Å². The number of hydrogen-bond donors (Lipinski definition) is 1. The molecule has 0 bridgehead atoms. The molecular formula is C18H20ClN3O3S. The van der Waals surface area contributed by atoms with Gasteiger partial charge in [0.2, 0.25) is 0 Å². The van der Waals surface area contributed by atoms with Gasteiger partial charge in [0.15, 0.2) is 6.61 Å². The lowest BCUT2D eigenvalue weighted by atomic mass is 10.2. The highest BCUT2D eigenvalue weighted by Crippen LogP contribution is 2.31. The number of aromatic nitrogens is 2. The second-order valence-electron chi connectivity index (χ2n) is 6.07. The highest BCUT2D eigenvalue weighted by molar-refractivity contribution is 7.98. The second-order valence-corrected chi connectivity index (χ2v) is 7.36. The van der Waals surface area contributed by atoms with Crippen molar-refractivity contribution < 1.29 is 14.3 Å². The van der Waals surface area contributed by atoms with Gasteiger partial charge in [-0.1, -0.05) is 24.4 Å². The van der Waals surface area contributed by atoms with E-state index in [-0.39, 0.29) is 12.2 Å². The largest absolute Gasteiger partial charge is 0.452 e. The Bertz CT molecular complexity index is 803. The fourth-order valence-electron chi connectivity index (χ4n) is 3.03. The summed E-state index contributed by atoms with van der Waals surface area (Å²) in [6, 6.07) is 7.18. The van der Waals surface area contributed by atoms with Crippen LogP contribution in [0.3, 0.4) is 0 Å². The number of esters is 1. The van der Waals surface area contributed by atoms with E-state index in [1.807, 2.05) is 17.0 Å². The Hall–Kier alpha value is -1.99. The first kappa shape index (κ1) is 18.8. The van der Waals surface area contributed by atoms with Crippen molar-refractivity contribution in [3.05, 3.63) is 41.0 Å². The van der Waals surface area contributed by atoms with Crippen LogP contribution in [0.2, 0.25) is 5.02 Å². The minimum absolute atomic E-state index is 0.252. The van der Waals surface area contributed by atoms with Crippen LogP contribution in [0.5, 0.6) is 0 Å². The van der Waals surface area contributed by atoms with Gasteiger partial charge in [-0.25, -0.2) is 9.48 Å². The fraction of sp³-hybridized carbons (Fsp3) is 0.389. The molecule has 2 aromatic rings. The molecule has 6 nitrogen and oxygen atoms in total. The van der Waals surface area contributed by atoms with Gasteiger partial charge in [0, 0.05) is 11.0 Å². The average Bonchev–Trinajstić information content (AvgIpc) is 3.31. The number of carbonyl (C=O) groups excluding carboxylic acids is 2. The number of nitrogens with zero attached hydrogens (tertiary/aromatic N) is 2. The molecule has 1 amide bonds. The number of nitrogens with one attached hydrogen (secondary N) is 1. The molecule has 1 aromatic carbocycles. The molecule has 0 atom stereocenters. The minimum atomic E-state index is -0.620. The molecule has 0 saturated heterocycles. The Labute approximate surface area is 161 Å². The van der Waals surface area contributed by atoms with E-state index in [0.717, 1.165) is 17.7 Å². The van der Waals surface area contributed by atoms with Gasteiger partial charge in [-0.2, -0.15) is 5.10 Å². The van der Waals surface area contributed by atoms with Crippen LogP contribution < -0.4 is 5.32 Å². The molecule has 1 aromatic heterocycles. The number of ether oxygens (including phenoxy) is 1. The van der Waals surface area contributed by atoms with E-state index in [1.165, 1.54) is 24.6 Å². The molecule has 1 fully saturated rings. The van der Waals surface area contributed by atoms with Crippen molar-refractivity contribution in [2.45, 2.75) is 36.6 Å². The lowest BCUT2D eigenvalue weighted by Crippen LogP contribution is -2.23. The number of thioether (sulfide) groups is 1. The predicted octanol–water partition coefficient (Wildman–Crippen LogP) is 4.17. The summed E-state index contributed by atoms with van der Waals surface area (Å²) >= 11 is 7.54. The van der Waals surface area contributed by atoms with Gasteiger partial charge in [-0.05, 0) is 37.3 Å². The summed E-state index contributed by atoms with van der Waals surface area (Å²) in [4.78, 5) is 25.3. The lowest BCUT2D eigenvalue weighted by Gasteiger charge is -2.14. The summed E-state index contributed by atoms with van der Waals surface area (Å²) in [5.41, 5.74) is 0.252. The van der Waals surface area contributed by atoms with Crippen LogP contribution in [-0.4, -0.2) is 34.5 Å². The molecule has 0 spiro atoms. The first-order valence-electron chi connectivity index (χ1n) is 8.42. The van der Waals surface area contributed by atoms with Crippen molar-refractivity contribution in [3.8, 4) is 0 Å². The van der Waals surface area contributed by atoms with Crippen molar-refractivity contribution in [1.29, 1.82) is 0 Å². The second kappa shape index (κ2) is 8.60. The third-order valence-corrected chi connectivity index (χ3v) is 5.39. The van der Waals surface area contributed by atoms with Crippen LogP contribution in [-0.2, 0) is 9.53 Å². The Morgan fingerprint density at radius 2 is 2.12 bits per heavy atom. The normalized spacial score (nSPS) is 14.4. The van der Waals surface area contributed by atoms with E-state index in [9.17, 15) is 9.59 Å². The number of amides is 1. The van der Waals surface area contributed by atoms with Gasteiger partial charge < -0.3 is 10.1 Å². The third-order valence-electron chi connectivity index (χ3n) is 4.34. The van der Waals surface area contributed by atoms with E-state index in [0.29, 0.717) is 16.9 Å². The molecule has 0 unspecified atom stereocenters. The third kappa shape index (κ3) is 4.40. The van der Waals surface area contributed by atoms with Crippen molar-refractivity contribution in [2.24, 2.45) is 0 Å². The summed E-state index contributed by atoms with van der Waals surface area (Å²) in [7, 11) is 0. The zero-order valence-electron chi connectivity index (χ0n) is 14.4. The van der Waals surface area contributed by atoms with E-state index in [2.05, 4.69) is 10.4 Å². The molecule has 26 heavy (non-hydrogen) atoms. The van der Waals surface area contributed by atoms with Crippen LogP contribution in [0.4, 0.5) is 5.82 Å². The molecule has 1 N–H and O–H groups in total. The lowest BCUT2D eigenvalue weighted by molar-refractivity contribution is -0.119. The number of halogens is 1. The Kier molecular flexibility index (Phi) is 6.21. The quantitative estimate of drug-likeness (QED) is 0.589. The highest BCUT2D eigenvalue weighted by atomic mass is 35.5. The van der Waals surface area contributed by atoms with Crippen LogP contribution in [0, 0.1) is 0 Å². The van der Waals surface area contributed by atoms with Crippen LogP contribution >= 0.6 is 23.4 Å². The molecule has 8 heteroatoms. The molecular weight excluding hydrogens is 374 g/mol. The molecule has 138 valence electrons. The Morgan fingerprint density at radius 3 is 2.85 bits per heavy atom. The molecule has 0 aliphatic heterocycles. The smallest absolute Gasteiger partial charge is 0.340 e. The Morgan fingerprint density at radius 1 is 1.35 bits per heavy atom. The molecule has 1 aliphatic rings. The van der Waals surface area contributed by atoms with Gasteiger partial charge >= 0.3 is 5.97 Å². The number of anilines is 1. The van der Waals surface area contributed by atoms with Gasteiger partial charge in [0.05, 0.1) is 22.8 Å². The van der Waals surface area contributed by atoms with Crippen LogP contribution in [0.1, 0.15) is 42.1 Å². The Balaban J connectivity index is 1.58. The highest BCUT2D eigenvalue weighted by Gasteiger charge is 2.21. The van der Waals surface area contributed by atoms with E-state index in [1.54, 1.807) is 24.4 Å². The van der Waals surface area contributed by atoms with Gasteiger partial charge in [-0.3, -0.25) is 4.79 Å². The van der Waals surface area contributed by atoms with Crippen molar-refractivity contribution in [2.75, 3.05) is 18.2 Å². The summed E-state index contributed by atoms with van der Waals surface area (Å²) in [6.45, 7) is -0.380. The molecule has 1 heterocycles. The minimum Gasteiger partial charge on any atom is -0.452 e. The summed E-state index contributed by atoms with van der Waals surface area (Å²) < 4.78 is 6.95. The molecule has 1 saturated carbocycles. The number of carbonyl (C=O) groups is 2. The monoisotopic (exact) mass is 393 g/mol. The average molecular weight is 394 g/mol. The number of benzene rings is 1. The first-order valence-corrected chi connectivity index (χ1v) is 10.0. The number of hydrogen-bond acceptors (Lipinski definition) is 5. The van der Waals surface area contributed by atoms with Crippen molar-refractivity contribution in [3.63, 3.8) is 0 Å². The first-order chi connectivity index (χ1) is 12.6. The number of rotatable bonds is 6. The van der Waals surface area contributed by atoms with E-state index in [4.69, 9.17) is 16.3 Å². The maximum atomic E-state index is 12.2. The molecule has 0 radical (unpaired) electrons. The van der Waals surface area contributed by atoms with Crippen molar-refractivity contribution >= 4 is 41.1 Å². The van der Waals surface area contributed by atoms with Crippen LogP contribution in [0.15, 0.2) is 35.4 Å². The zero-order valence-corrected chi connectivity index (χ0v) is 16.0. The van der Waals surface area contributed by atoms with Crippen molar-refractivity contribution in [1.82, 2.24) is 9.78 Å². The van der Waals surface area contributed by atoms with Gasteiger partial charge in [0.25, 0.3) is 5.91 Å². The predicted molar refractivity (Wildman–Crippen MR) is 102 cm³/mol. The molecule has 1 aliphatic carbocycles. The standard InChI is InChI=1S/C18H20ClN3O3S/c1-26-13-6-7-15(19)14(10-13)18(24)25-11-17(23)21-16-8-9-20-22(16)12-4-2-3-5-12/h6-10,12H,2-5,11H2,1H3,(H,21,23). The SMILES string of the molecule is CSc1ccc(Cl)c(C(=O)OCC(=O)Nc2ccnn2C2CCCC2)c1. The van der Waals surface area contributed by atoms with Crippen LogP contribution in [0.25, 0.3) is 0 Å². The van der Waals surface area contributed by atoms with E-state index < -0.39 is 11.9 Å². The summed E-state index contributed by atoms with van der Waals surface area (Å²) in [5.74, 6) is -0.402. The maximum Gasteiger partial charge on any atom is 0.340 e. The topological polar surface area (TPSA) is 73.2 Å². The fourth-order valence-corrected chi connectivity index (χ4v) is 3.66. The summed E-state index contributed by atoms with van der Waals surface area (Å²) in [5, 5.41) is 7.36. The summed E-state index contributed by atoms with van der Waals surface area (Å²) in [6.07, 6.45) is 8.03. The molecule has 3 rings (SSSR count). The van der Waals surface area contributed by atoms with Gasteiger partial charge in [-0.15, -0.1) is 11.8 Å². The maximum absolute atomic E-state index is 12.2. The zero-order chi connectivity index (χ0) is 18.5.